The predicted octanol–water partition coefficient (Wildman–Crippen LogP) is 1.13. The fourth-order valence-electron chi connectivity index (χ4n) is 1.87. The molecule has 2 amide bonds. The van der Waals surface area contributed by atoms with E-state index in [1.807, 2.05) is 6.92 Å². The van der Waals surface area contributed by atoms with Crippen molar-refractivity contribution in [2.75, 3.05) is 13.6 Å². The minimum absolute atomic E-state index is 0.179. The average molecular weight is 292 g/mol. The van der Waals surface area contributed by atoms with Crippen LogP contribution in [0.2, 0.25) is 0 Å². The zero-order valence-corrected chi connectivity index (χ0v) is 12.2. The Kier molecular flexibility index (Phi) is 6.39. The highest BCUT2D eigenvalue weighted by atomic mass is 16.4. The zero-order chi connectivity index (χ0) is 15.8. The quantitative estimate of drug-likeness (QED) is 0.788. The molecule has 0 aliphatic rings. The summed E-state index contributed by atoms with van der Waals surface area (Å²) in [7, 11) is 1.50. The number of carboxylic acids is 1. The third-order valence-electron chi connectivity index (χ3n) is 2.96. The summed E-state index contributed by atoms with van der Waals surface area (Å²) in [6.45, 7) is 1.66. The molecule has 0 saturated heterocycles. The Balaban J connectivity index is 2.57. The van der Waals surface area contributed by atoms with Crippen LogP contribution in [0.15, 0.2) is 30.3 Å². The lowest BCUT2D eigenvalue weighted by molar-refractivity contribution is -0.142. The molecule has 0 aliphatic heterocycles. The molecule has 6 nitrogen and oxygen atoms in total. The summed E-state index contributed by atoms with van der Waals surface area (Å²) in [6, 6.07) is 7.68. The van der Waals surface area contributed by atoms with Crippen molar-refractivity contribution in [2.24, 2.45) is 0 Å². The second kappa shape index (κ2) is 8.04. The first kappa shape index (κ1) is 16.7. The van der Waals surface area contributed by atoms with Gasteiger partial charge in [0, 0.05) is 12.6 Å². The molecule has 1 rings (SSSR count). The maximum absolute atomic E-state index is 12.1. The van der Waals surface area contributed by atoms with Crippen molar-refractivity contribution in [2.45, 2.75) is 25.8 Å². The van der Waals surface area contributed by atoms with E-state index in [0.29, 0.717) is 18.4 Å². The van der Waals surface area contributed by atoms with E-state index in [0.717, 1.165) is 0 Å². The minimum atomic E-state index is -1.07. The molecule has 0 saturated carbocycles. The molecule has 0 unspecified atom stereocenters. The lowest BCUT2D eigenvalue weighted by Crippen LogP contribution is -2.45. The Bertz CT molecular complexity index is 502. The summed E-state index contributed by atoms with van der Waals surface area (Å²) in [5.41, 5.74) is 0.483. The van der Waals surface area contributed by atoms with Crippen LogP contribution in [-0.2, 0) is 9.59 Å². The summed E-state index contributed by atoms with van der Waals surface area (Å²) in [5.74, 6) is -1.84. The van der Waals surface area contributed by atoms with Gasteiger partial charge in [0.15, 0.2) is 0 Å². The molecular weight excluding hydrogens is 272 g/mol. The summed E-state index contributed by atoms with van der Waals surface area (Å²) in [4.78, 5) is 36.1. The number of hydrogen-bond donors (Lipinski definition) is 2. The molecule has 21 heavy (non-hydrogen) atoms. The van der Waals surface area contributed by atoms with Crippen molar-refractivity contribution < 1.29 is 19.5 Å². The van der Waals surface area contributed by atoms with E-state index in [4.69, 9.17) is 5.11 Å². The highest BCUT2D eigenvalue weighted by Crippen LogP contribution is 2.03. The van der Waals surface area contributed by atoms with Crippen molar-refractivity contribution in [1.82, 2.24) is 10.2 Å². The number of carboxylic acid groups (broad SMARTS) is 1. The minimum Gasteiger partial charge on any atom is -0.480 e. The van der Waals surface area contributed by atoms with E-state index < -0.39 is 17.9 Å². The highest BCUT2D eigenvalue weighted by molar-refractivity contribution is 5.96. The molecule has 1 aromatic carbocycles. The van der Waals surface area contributed by atoms with E-state index in [1.54, 1.807) is 30.3 Å². The number of nitrogens with one attached hydrogen (secondary N) is 1. The molecule has 0 aliphatic carbocycles. The van der Waals surface area contributed by atoms with Crippen molar-refractivity contribution in [3.63, 3.8) is 0 Å². The van der Waals surface area contributed by atoms with Gasteiger partial charge in [-0.05, 0) is 18.6 Å². The number of carbonyl (C=O) groups is 3. The number of amides is 2. The van der Waals surface area contributed by atoms with Gasteiger partial charge in [0.1, 0.15) is 6.04 Å². The molecule has 0 bridgehead atoms. The highest BCUT2D eigenvalue weighted by Gasteiger charge is 2.21. The number of aliphatic carboxylic acids is 1. The lowest BCUT2D eigenvalue weighted by atomic mass is 10.1. The summed E-state index contributed by atoms with van der Waals surface area (Å²) >= 11 is 0. The number of hydrogen-bond acceptors (Lipinski definition) is 3. The van der Waals surface area contributed by atoms with Gasteiger partial charge in [-0.2, -0.15) is 0 Å². The first-order chi connectivity index (χ1) is 9.95. The Labute approximate surface area is 123 Å². The summed E-state index contributed by atoms with van der Waals surface area (Å²) in [5, 5.41) is 11.4. The van der Waals surface area contributed by atoms with Crippen molar-refractivity contribution in [1.29, 1.82) is 0 Å². The smallest absolute Gasteiger partial charge is 0.326 e. The molecule has 0 radical (unpaired) electrons. The lowest BCUT2D eigenvalue weighted by Gasteiger charge is -2.19. The molecule has 0 spiro atoms. The molecule has 0 aromatic heterocycles. The SMILES string of the molecule is CCC[C@@H](NC(=O)CN(C)C(=O)c1ccccc1)C(=O)O. The second-order valence-electron chi connectivity index (χ2n) is 4.77. The van der Waals surface area contributed by atoms with Gasteiger partial charge in [0.2, 0.25) is 5.91 Å². The monoisotopic (exact) mass is 292 g/mol. The molecule has 2 N–H and O–H groups in total. The first-order valence-corrected chi connectivity index (χ1v) is 6.78. The molecular formula is C15H20N2O4. The number of likely N-dealkylation sites (N-methyl/N-ethyl adjacent to an activating group) is 1. The number of benzene rings is 1. The van der Waals surface area contributed by atoms with Crippen LogP contribution in [0.3, 0.4) is 0 Å². The normalized spacial score (nSPS) is 11.5. The van der Waals surface area contributed by atoms with Crippen LogP contribution in [-0.4, -0.2) is 47.4 Å². The number of rotatable bonds is 7. The second-order valence-corrected chi connectivity index (χ2v) is 4.77. The number of carbonyl (C=O) groups excluding carboxylic acids is 2. The molecule has 114 valence electrons. The van der Waals surface area contributed by atoms with Crippen LogP contribution in [0.25, 0.3) is 0 Å². The first-order valence-electron chi connectivity index (χ1n) is 6.78. The predicted molar refractivity (Wildman–Crippen MR) is 77.9 cm³/mol. The third-order valence-corrected chi connectivity index (χ3v) is 2.96. The Hall–Kier alpha value is -2.37. The van der Waals surface area contributed by atoms with Crippen molar-refractivity contribution in [3.8, 4) is 0 Å². The average Bonchev–Trinajstić information content (AvgIpc) is 2.46. The molecule has 1 aromatic rings. The Morgan fingerprint density at radius 1 is 1.24 bits per heavy atom. The van der Waals surface area contributed by atoms with E-state index >= 15 is 0 Å². The van der Waals surface area contributed by atoms with E-state index in [2.05, 4.69) is 5.32 Å². The van der Waals surface area contributed by atoms with Gasteiger partial charge in [-0.25, -0.2) is 4.79 Å². The maximum Gasteiger partial charge on any atom is 0.326 e. The van der Waals surface area contributed by atoms with Crippen LogP contribution in [0, 0.1) is 0 Å². The van der Waals surface area contributed by atoms with E-state index in [-0.39, 0.29) is 12.5 Å². The van der Waals surface area contributed by atoms with Gasteiger partial charge < -0.3 is 15.3 Å². The van der Waals surface area contributed by atoms with E-state index in [1.165, 1.54) is 11.9 Å². The zero-order valence-electron chi connectivity index (χ0n) is 12.2. The van der Waals surface area contributed by atoms with Crippen molar-refractivity contribution >= 4 is 17.8 Å². The van der Waals surface area contributed by atoms with Crippen molar-refractivity contribution in [3.05, 3.63) is 35.9 Å². The van der Waals surface area contributed by atoms with E-state index in [9.17, 15) is 14.4 Å². The molecule has 6 heteroatoms. The van der Waals surface area contributed by atoms with Crippen LogP contribution in [0.1, 0.15) is 30.1 Å². The third kappa shape index (κ3) is 5.25. The Morgan fingerprint density at radius 2 is 1.86 bits per heavy atom. The maximum atomic E-state index is 12.1. The molecule has 0 heterocycles. The molecule has 0 fully saturated rings. The summed E-state index contributed by atoms with van der Waals surface area (Å²) in [6.07, 6.45) is 1.01. The molecule has 1 atom stereocenters. The fraction of sp³-hybridized carbons (Fsp3) is 0.400. The topological polar surface area (TPSA) is 86.7 Å². The Morgan fingerprint density at radius 3 is 2.38 bits per heavy atom. The van der Waals surface area contributed by atoms with Gasteiger partial charge >= 0.3 is 5.97 Å². The van der Waals surface area contributed by atoms with Gasteiger partial charge in [-0.15, -0.1) is 0 Å². The summed E-state index contributed by atoms with van der Waals surface area (Å²) < 4.78 is 0. The van der Waals surface area contributed by atoms with Gasteiger partial charge in [-0.3, -0.25) is 9.59 Å². The van der Waals surface area contributed by atoms with Crippen LogP contribution < -0.4 is 5.32 Å². The largest absolute Gasteiger partial charge is 0.480 e. The van der Waals surface area contributed by atoms with Gasteiger partial charge in [0.05, 0.1) is 6.54 Å². The fourth-order valence-corrected chi connectivity index (χ4v) is 1.87. The number of nitrogens with zero attached hydrogens (tertiary/aromatic N) is 1. The standard InChI is InChI=1S/C15H20N2O4/c1-3-7-12(15(20)21)16-13(18)10-17(2)14(19)11-8-5-4-6-9-11/h4-6,8-9,12H,3,7,10H2,1-2H3,(H,16,18)(H,20,21)/t12-/m1/s1. The van der Waals surface area contributed by atoms with Crippen LogP contribution >= 0.6 is 0 Å². The van der Waals surface area contributed by atoms with Crippen LogP contribution in [0.4, 0.5) is 0 Å². The van der Waals surface area contributed by atoms with Crippen LogP contribution in [0.5, 0.6) is 0 Å². The van der Waals surface area contributed by atoms with Gasteiger partial charge in [0.25, 0.3) is 5.91 Å². The van der Waals surface area contributed by atoms with Gasteiger partial charge in [-0.1, -0.05) is 31.5 Å².